The number of nitrogens with zero attached hydrogens (tertiary/aromatic N) is 1. The van der Waals surface area contributed by atoms with E-state index < -0.39 is 10.1 Å². The zero-order valence-corrected chi connectivity index (χ0v) is 14.4. The van der Waals surface area contributed by atoms with Crippen molar-refractivity contribution in [1.29, 1.82) is 0 Å². The van der Waals surface area contributed by atoms with Gasteiger partial charge in [-0.05, 0) is 42.5 Å². The highest BCUT2D eigenvalue weighted by Crippen LogP contribution is 2.38. The average Bonchev–Trinajstić information content (AvgIpc) is 2.52. The lowest BCUT2D eigenvalue weighted by molar-refractivity contribution is 0.488. The summed E-state index contributed by atoms with van der Waals surface area (Å²) < 4.78 is 30.0. The zero-order valence-electron chi connectivity index (χ0n) is 11.3. The van der Waals surface area contributed by atoms with Crippen LogP contribution in [-0.2, 0) is 10.1 Å². The molecule has 0 fully saturated rings. The van der Waals surface area contributed by atoms with E-state index >= 15 is 0 Å². The smallest absolute Gasteiger partial charge is 0.339 e. The van der Waals surface area contributed by atoms with Gasteiger partial charge in [0.15, 0.2) is 5.75 Å². The molecule has 2 aromatic carbocycles. The second kappa shape index (κ2) is 6.17. The van der Waals surface area contributed by atoms with Crippen molar-refractivity contribution in [3.63, 3.8) is 0 Å². The molecule has 118 valence electrons. The molecule has 0 N–H and O–H groups in total. The molecule has 0 atom stereocenters. The minimum atomic E-state index is -4.08. The number of rotatable bonds is 3. The first-order valence-electron chi connectivity index (χ1n) is 6.31. The van der Waals surface area contributed by atoms with E-state index in [4.69, 9.17) is 39.0 Å². The third-order valence-corrected chi connectivity index (χ3v) is 5.13. The molecule has 0 saturated heterocycles. The van der Waals surface area contributed by atoms with Gasteiger partial charge in [0.25, 0.3) is 0 Å². The maximum absolute atomic E-state index is 12.4. The minimum Gasteiger partial charge on any atom is -0.375 e. The van der Waals surface area contributed by atoms with E-state index in [0.717, 1.165) is 0 Å². The lowest BCUT2D eigenvalue weighted by Crippen LogP contribution is -2.10. The third kappa shape index (κ3) is 3.23. The van der Waals surface area contributed by atoms with Gasteiger partial charge in [-0.2, -0.15) is 8.42 Å². The van der Waals surface area contributed by atoms with E-state index in [1.807, 2.05) is 0 Å². The fraction of sp³-hybridized carbons (Fsp3) is 0. The Morgan fingerprint density at radius 2 is 1.65 bits per heavy atom. The molecule has 0 unspecified atom stereocenters. The van der Waals surface area contributed by atoms with Gasteiger partial charge in [-0.25, -0.2) is 0 Å². The van der Waals surface area contributed by atoms with E-state index in [9.17, 15) is 8.42 Å². The molecule has 23 heavy (non-hydrogen) atoms. The Kier molecular flexibility index (Phi) is 4.38. The van der Waals surface area contributed by atoms with Gasteiger partial charge in [0.1, 0.15) is 10.4 Å². The van der Waals surface area contributed by atoms with Gasteiger partial charge in [-0.3, -0.25) is 4.98 Å². The molecule has 4 nitrogen and oxygen atoms in total. The zero-order chi connectivity index (χ0) is 16.6. The number of aromatic nitrogens is 1. The molecule has 3 rings (SSSR count). The summed E-state index contributed by atoms with van der Waals surface area (Å²) in [6, 6.07) is 10.4. The second-order valence-electron chi connectivity index (χ2n) is 4.56. The molecule has 0 aliphatic carbocycles. The summed E-state index contributed by atoms with van der Waals surface area (Å²) >= 11 is 17.9. The Balaban J connectivity index is 2.13. The topological polar surface area (TPSA) is 56.3 Å². The van der Waals surface area contributed by atoms with Gasteiger partial charge >= 0.3 is 10.1 Å². The summed E-state index contributed by atoms with van der Waals surface area (Å²) in [7, 11) is -4.08. The number of hydrogen-bond donors (Lipinski definition) is 0. The van der Waals surface area contributed by atoms with Gasteiger partial charge in [0.05, 0.1) is 10.0 Å². The van der Waals surface area contributed by atoms with E-state index in [2.05, 4.69) is 4.98 Å². The predicted molar refractivity (Wildman–Crippen MR) is 91.0 cm³/mol. The summed E-state index contributed by atoms with van der Waals surface area (Å²) in [5.41, 5.74) is 0.266. The molecular weight excluding hydrogens is 381 g/mol. The van der Waals surface area contributed by atoms with Crippen LogP contribution in [0.3, 0.4) is 0 Å². The van der Waals surface area contributed by atoms with E-state index in [-0.39, 0.29) is 21.2 Å². The highest BCUT2D eigenvalue weighted by atomic mass is 35.5. The average molecular weight is 389 g/mol. The second-order valence-corrected chi connectivity index (χ2v) is 7.36. The Labute approximate surface area is 147 Å². The van der Waals surface area contributed by atoms with Gasteiger partial charge < -0.3 is 4.18 Å². The Morgan fingerprint density at radius 1 is 0.957 bits per heavy atom. The Morgan fingerprint density at radius 3 is 2.35 bits per heavy atom. The fourth-order valence-electron chi connectivity index (χ4n) is 1.98. The third-order valence-electron chi connectivity index (χ3n) is 3.05. The maximum atomic E-state index is 12.4. The van der Waals surface area contributed by atoms with Crippen molar-refractivity contribution < 1.29 is 12.6 Å². The van der Waals surface area contributed by atoms with Crippen LogP contribution >= 0.6 is 34.8 Å². The van der Waals surface area contributed by atoms with Crippen molar-refractivity contribution in [2.24, 2.45) is 0 Å². The van der Waals surface area contributed by atoms with Crippen molar-refractivity contribution in [2.75, 3.05) is 0 Å². The summed E-state index contributed by atoms with van der Waals surface area (Å²) in [5, 5.41) is 1.37. The molecule has 0 amide bonds. The van der Waals surface area contributed by atoms with Gasteiger partial charge in [-0.15, -0.1) is 0 Å². The summed E-state index contributed by atoms with van der Waals surface area (Å²) in [6.45, 7) is 0. The van der Waals surface area contributed by atoms with Crippen LogP contribution in [0, 0.1) is 0 Å². The quantitative estimate of drug-likeness (QED) is 0.595. The first kappa shape index (κ1) is 16.3. The van der Waals surface area contributed by atoms with Gasteiger partial charge in [0, 0.05) is 16.6 Å². The number of halogens is 3. The van der Waals surface area contributed by atoms with E-state index in [1.165, 1.54) is 36.5 Å². The SMILES string of the molecule is O=S(=O)(Oc1c(Cl)cc(Cl)c2cccnc12)c1ccc(Cl)cc1. The molecule has 0 saturated carbocycles. The van der Waals surface area contributed by atoms with Crippen molar-refractivity contribution >= 4 is 55.8 Å². The van der Waals surface area contributed by atoms with Crippen LogP contribution in [0.25, 0.3) is 10.9 Å². The van der Waals surface area contributed by atoms with Gasteiger partial charge in [0.2, 0.25) is 0 Å². The maximum Gasteiger partial charge on any atom is 0.339 e. The van der Waals surface area contributed by atoms with Crippen molar-refractivity contribution in [1.82, 2.24) is 4.98 Å². The van der Waals surface area contributed by atoms with Gasteiger partial charge in [-0.1, -0.05) is 34.8 Å². The fourth-order valence-corrected chi connectivity index (χ4v) is 3.67. The van der Waals surface area contributed by atoms with Crippen LogP contribution < -0.4 is 4.18 Å². The summed E-state index contributed by atoms with van der Waals surface area (Å²) in [4.78, 5) is 4.07. The van der Waals surface area contributed by atoms with Crippen LogP contribution in [0.2, 0.25) is 15.1 Å². The lowest BCUT2D eigenvalue weighted by Gasteiger charge is -2.11. The normalized spacial score (nSPS) is 11.6. The molecule has 1 aromatic heterocycles. The number of pyridine rings is 1. The van der Waals surface area contributed by atoms with Crippen molar-refractivity contribution in [2.45, 2.75) is 4.90 Å². The molecule has 1 heterocycles. The van der Waals surface area contributed by atoms with Crippen LogP contribution in [0.1, 0.15) is 0 Å². The summed E-state index contributed by atoms with van der Waals surface area (Å²) in [6.07, 6.45) is 1.50. The molecular formula is C15H8Cl3NO3S. The molecule has 3 aromatic rings. The molecule has 0 spiro atoms. The van der Waals surface area contributed by atoms with Crippen molar-refractivity contribution in [3.8, 4) is 5.75 Å². The molecule has 8 heteroatoms. The van der Waals surface area contributed by atoms with Crippen molar-refractivity contribution in [3.05, 3.63) is 63.7 Å². The first-order valence-corrected chi connectivity index (χ1v) is 8.85. The molecule has 0 radical (unpaired) electrons. The van der Waals surface area contributed by atoms with E-state index in [0.29, 0.717) is 15.4 Å². The standard InChI is InChI=1S/C15H8Cl3NO3S/c16-9-3-5-10(6-4-9)23(20,21)22-15-13(18)8-12(17)11-2-1-7-19-14(11)15/h1-8H. The predicted octanol–water partition coefficient (Wildman–Crippen LogP) is 4.96. The molecule has 0 aliphatic heterocycles. The first-order chi connectivity index (χ1) is 10.9. The van der Waals surface area contributed by atoms with Crippen LogP contribution in [0.15, 0.2) is 53.6 Å². The van der Waals surface area contributed by atoms with E-state index in [1.54, 1.807) is 12.1 Å². The van der Waals surface area contributed by atoms with Crippen LogP contribution in [-0.4, -0.2) is 13.4 Å². The highest BCUT2D eigenvalue weighted by Gasteiger charge is 2.21. The largest absolute Gasteiger partial charge is 0.375 e. The lowest BCUT2D eigenvalue weighted by atomic mass is 10.2. The number of benzene rings is 2. The Hall–Kier alpha value is -1.53. The number of hydrogen-bond acceptors (Lipinski definition) is 4. The number of fused-ring (bicyclic) bond motifs is 1. The summed E-state index contributed by atoms with van der Waals surface area (Å²) in [5.74, 6) is -0.0679. The molecule has 0 aliphatic rings. The monoisotopic (exact) mass is 387 g/mol. The van der Waals surface area contributed by atoms with Crippen LogP contribution in [0.4, 0.5) is 0 Å². The Bertz CT molecular complexity index is 989. The van der Waals surface area contributed by atoms with Crippen LogP contribution in [0.5, 0.6) is 5.75 Å². The highest BCUT2D eigenvalue weighted by molar-refractivity contribution is 7.87. The minimum absolute atomic E-state index is 0.0444. The molecule has 0 bridgehead atoms.